The average Bonchev–Trinajstić information content (AvgIpc) is 3.02. The lowest BCUT2D eigenvalue weighted by atomic mass is 10.0. The van der Waals surface area contributed by atoms with E-state index in [1.165, 1.54) is 5.56 Å². The molecule has 0 fully saturated rings. The number of rotatable bonds is 5. The van der Waals surface area contributed by atoms with Gasteiger partial charge in [0.25, 0.3) is 5.89 Å². The van der Waals surface area contributed by atoms with Crippen molar-refractivity contribution >= 4 is 15.9 Å². The van der Waals surface area contributed by atoms with Crippen molar-refractivity contribution in [1.82, 2.24) is 10.1 Å². The van der Waals surface area contributed by atoms with Crippen LogP contribution in [-0.4, -0.2) is 10.1 Å². The number of aromatic nitrogens is 2. The summed E-state index contributed by atoms with van der Waals surface area (Å²) in [6.07, 6.45) is 0. The van der Waals surface area contributed by atoms with Crippen LogP contribution in [-0.2, 0) is 6.61 Å². The minimum Gasteiger partial charge on any atom is -0.483 e. The van der Waals surface area contributed by atoms with E-state index in [0.717, 1.165) is 21.3 Å². The molecule has 0 aliphatic carbocycles. The summed E-state index contributed by atoms with van der Waals surface area (Å²) in [5, 5.41) is 4.02. The molecule has 0 bridgehead atoms. The molecule has 4 nitrogen and oxygen atoms in total. The molecule has 3 aromatic rings. The third-order valence-corrected chi connectivity index (χ3v) is 4.24. The van der Waals surface area contributed by atoms with Crippen LogP contribution in [0, 0.1) is 6.92 Å². The van der Waals surface area contributed by atoms with Gasteiger partial charge in [0.05, 0.1) is 0 Å². The second-order valence-electron chi connectivity index (χ2n) is 6.00. The molecule has 24 heavy (non-hydrogen) atoms. The van der Waals surface area contributed by atoms with E-state index in [2.05, 4.69) is 59.0 Å². The van der Waals surface area contributed by atoms with Gasteiger partial charge in [-0.2, -0.15) is 4.98 Å². The molecule has 0 N–H and O–H groups in total. The Morgan fingerprint density at radius 2 is 1.88 bits per heavy atom. The van der Waals surface area contributed by atoms with E-state index in [9.17, 15) is 0 Å². The summed E-state index contributed by atoms with van der Waals surface area (Å²) >= 11 is 3.41. The first-order valence-electron chi connectivity index (χ1n) is 7.85. The van der Waals surface area contributed by atoms with Gasteiger partial charge in [-0.1, -0.05) is 47.1 Å². The van der Waals surface area contributed by atoms with Crippen molar-refractivity contribution in [3.8, 4) is 17.1 Å². The monoisotopic (exact) mass is 386 g/mol. The molecule has 124 valence electrons. The molecule has 2 aromatic carbocycles. The van der Waals surface area contributed by atoms with Crippen LogP contribution in [0.15, 0.2) is 51.5 Å². The first kappa shape index (κ1) is 16.7. The summed E-state index contributed by atoms with van der Waals surface area (Å²) in [6.45, 7) is 6.60. The van der Waals surface area contributed by atoms with Crippen molar-refractivity contribution in [2.75, 3.05) is 0 Å². The number of halogens is 1. The Hall–Kier alpha value is -2.14. The van der Waals surface area contributed by atoms with Gasteiger partial charge in [-0.15, -0.1) is 0 Å². The number of aryl methyl sites for hydroxylation is 1. The molecular formula is C19H19BrN2O2. The van der Waals surface area contributed by atoms with E-state index in [-0.39, 0.29) is 6.61 Å². The highest BCUT2D eigenvalue weighted by atomic mass is 79.9. The summed E-state index contributed by atoms with van der Waals surface area (Å²) < 4.78 is 12.2. The highest BCUT2D eigenvalue weighted by Crippen LogP contribution is 2.28. The van der Waals surface area contributed by atoms with Gasteiger partial charge in [-0.25, -0.2) is 0 Å². The molecule has 0 saturated carbocycles. The van der Waals surface area contributed by atoms with Crippen molar-refractivity contribution in [1.29, 1.82) is 0 Å². The predicted molar refractivity (Wildman–Crippen MR) is 97.0 cm³/mol. The summed E-state index contributed by atoms with van der Waals surface area (Å²) in [4.78, 5) is 4.40. The summed E-state index contributed by atoms with van der Waals surface area (Å²) in [7, 11) is 0. The molecule has 0 atom stereocenters. The SMILES string of the molecule is Cc1ccc(C(C)C)c(OCc2nc(-c3ccc(Br)cc3)no2)c1. The van der Waals surface area contributed by atoms with E-state index in [1.807, 2.05) is 30.3 Å². The van der Waals surface area contributed by atoms with E-state index in [1.54, 1.807) is 0 Å². The first-order chi connectivity index (χ1) is 11.5. The van der Waals surface area contributed by atoms with Crippen molar-refractivity contribution in [3.05, 3.63) is 64.0 Å². The second-order valence-corrected chi connectivity index (χ2v) is 6.92. The molecule has 0 saturated heterocycles. The van der Waals surface area contributed by atoms with E-state index in [4.69, 9.17) is 9.26 Å². The third-order valence-electron chi connectivity index (χ3n) is 3.71. The normalized spacial score (nSPS) is 11.0. The molecule has 1 aromatic heterocycles. The van der Waals surface area contributed by atoms with Crippen molar-refractivity contribution < 1.29 is 9.26 Å². The maximum absolute atomic E-state index is 5.93. The van der Waals surface area contributed by atoms with Gasteiger partial charge < -0.3 is 9.26 Å². The van der Waals surface area contributed by atoms with E-state index in [0.29, 0.717) is 17.6 Å². The van der Waals surface area contributed by atoms with Gasteiger partial charge in [0, 0.05) is 10.0 Å². The predicted octanol–water partition coefficient (Wildman–Crippen LogP) is 5.51. The number of ether oxygens (including phenoxy) is 1. The Balaban J connectivity index is 1.74. The average molecular weight is 387 g/mol. The van der Waals surface area contributed by atoms with Crippen LogP contribution in [0.2, 0.25) is 0 Å². The molecular weight excluding hydrogens is 368 g/mol. The molecule has 0 aliphatic rings. The van der Waals surface area contributed by atoms with Gasteiger partial charge in [-0.05, 0) is 54.3 Å². The molecule has 0 radical (unpaired) electrons. The van der Waals surface area contributed by atoms with E-state index >= 15 is 0 Å². The Morgan fingerprint density at radius 3 is 2.58 bits per heavy atom. The molecule has 0 aliphatic heterocycles. The zero-order valence-corrected chi connectivity index (χ0v) is 15.5. The highest BCUT2D eigenvalue weighted by molar-refractivity contribution is 9.10. The number of nitrogens with zero attached hydrogens (tertiary/aromatic N) is 2. The zero-order chi connectivity index (χ0) is 17.1. The number of hydrogen-bond donors (Lipinski definition) is 0. The van der Waals surface area contributed by atoms with Crippen molar-refractivity contribution in [2.45, 2.75) is 33.3 Å². The maximum Gasteiger partial charge on any atom is 0.264 e. The second kappa shape index (κ2) is 7.18. The maximum atomic E-state index is 5.93. The van der Waals surface area contributed by atoms with Crippen LogP contribution in [0.1, 0.15) is 36.8 Å². The molecule has 0 unspecified atom stereocenters. The van der Waals surface area contributed by atoms with Crippen molar-refractivity contribution in [2.24, 2.45) is 0 Å². The van der Waals surface area contributed by atoms with Gasteiger partial charge in [0.15, 0.2) is 6.61 Å². The Labute approximate surface area is 150 Å². The van der Waals surface area contributed by atoms with Gasteiger partial charge in [0.2, 0.25) is 5.82 Å². The van der Waals surface area contributed by atoms with Gasteiger partial charge in [-0.3, -0.25) is 0 Å². The summed E-state index contributed by atoms with van der Waals surface area (Å²) in [5.74, 6) is 2.29. The fourth-order valence-corrected chi connectivity index (χ4v) is 2.68. The fraction of sp³-hybridized carbons (Fsp3) is 0.263. The quantitative estimate of drug-likeness (QED) is 0.579. The van der Waals surface area contributed by atoms with Crippen LogP contribution in [0.4, 0.5) is 0 Å². The molecule has 3 rings (SSSR count). The standard InChI is InChI=1S/C19H19BrN2O2/c1-12(2)16-9-4-13(3)10-17(16)23-11-18-21-19(22-24-18)14-5-7-15(20)8-6-14/h4-10,12H,11H2,1-3H3. The Kier molecular flexibility index (Phi) is 5.00. The zero-order valence-electron chi connectivity index (χ0n) is 13.9. The third kappa shape index (κ3) is 3.85. The Bertz CT molecular complexity index is 826. The topological polar surface area (TPSA) is 48.2 Å². The minimum atomic E-state index is 0.257. The van der Waals surface area contributed by atoms with Crippen LogP contribution >= 0.6 is 15.9 Å². The summed E-state index contributed by atoms with van der Waals surface area (Å²) in [6, 6.07) is 14.0. The lowest BCUT2D eigenvalue weighted by Crippen LogP contribution is -2.00. The lowest BCUT2D eigenvalue weighted by molar-refractivity contribution is 0.240. The molecule has 0 spiro atoms. The number of benzene rings is 2. The van der Waals surface area contributed by atoms with Crippen LogP contribution in [0.3, 0.4) is 0 Å². The highest BCUT2D eigenvalue weighted by Gasteiger charge is 2.12. The summed E-state index contributed by atoms with van der Waals surface area (Å²) in [5.41, 5.74) is 3.25. The van der Waals surface area contributed by atoms with Crippen LogP contribution in [0.5, 0.6) is 5.75 Å². The first-order valence-corrected chi connectivity index (χ1v) is 8.64. The fourth-order valence-electron chi connectivity index (χ4n) is 2.41. The van der Waals surface area contributed by atoms with Gasteiger partial charge in [0.1, 0.15) is 5.75 Å². The molecule has 5 heteroatoms. The molecule has 0 amide bonds. The van der Waals surface area contributed by atoms with Crippen LogP contribution in [0.25, 0.3) is 11.4 Å². The Morgan fingerprint density at radius 1 is 1.12 bits per heavy atom. The van der Waals surface area contributed by atoms with Crippen LogP contribution < -0.4 is 4.74 Å². The number of hydrogen-bond acceptors (Lipinski definition) is 4. The smallest absolute Gasteiger partial charge is 0.264 e. The van der Waals surface area contributed by atoms with Crippen molar-refractivity contribution in [3.63, 3.8) is 0 Å². The van der Waals surface area contributed by atoms with E-state index < -0.39 is 0 Å². The van der Waals surface area contributed by atoms with Gasteiger partial charge >= 0.3 is 0 Å². The molecule has 1 heterocycles. The largest absolute Gasteiger partial charge is 0.483 e. The minimum absolute atomic E-state index is 0.257. The lowest BCUT2D eigenvalue weighted by Gasteiger charge is -2.13.